The van der Waals surface area contributed by atoms with Crippen LogP contribution in [0.4, 0.5) is 0 Å². The second-order valence-electron chi connectivity index (χ2n) is 4.44. The van der Waals surface area contributed by atoms with Gasteiger partial charge in [0.2, 0.25) is 0 Å². The Bertz CT molecular complexity index is 430. The summed E-state index contributed by atoms with van der Waals surface area (Å²) < 4.78 is 11.5. The summed E-state index contributed by atoms with van der Waals surface area (Å²) in [5.74, 6) is -0.334. The minimum absolute atomic E-state index is 0.0372. The Kier molecular flexibility index (Phi) is 4.95. The number of rotatable bonds is 5. The lowest BCUT2D eigenvalue weighted by molar-refractivity contribution is -0.159. The largest absolute Gasteiger partial charge is 0.464 e. The van der Waals surface area contributed by atoms with Gasteiger partial charge in [-0.2, -0.15) is 5.10 Å². The Morgan fingerprint density at radius 2 is 2.26 bits per heavy atom. The Balaban J connectivity index is 2.09. The topological polar surface area (TPSA) is 76.2 Å². The molecule has 0 aliphatic carbocycles. The van der Waals surface area contributed by atoms with Crippen molar-refractivity contribution in [3.63, 3.8) is 0 Å². The molecule has 19 heavy (non-hydrogen) atoms. The zero-order chi connectivity index (χ0) is 13.7. The summed E-state index contributed by atoms with van der Waals surface area (Å²) in [6.45, 7) is 3.81. The Morgan fingerprint density at radius 3 is 2.84 bits per heavy atom. The molecule has 1 aliphatic heterocycles. The first kappa shape index (κ1) is 14.5. The van der Waals surface area contributed by atoms with E-state index in [1.165, 1.54) is 0 Å². The number of carbonyl (C=O) groups is 1. The summed E-state index contributed by atoms with van der Waals surface area (Å²) in [7, 11) is 0. The van der Waals surface area contributed by atoms with E-state index < -0.39 is 5.60 Å². The zero-order valence-corrected chi connectivity index (χ0v) is 12.5. The van der Waals surface area contributed by atoms with Gasteiger partial charge in [0.05, 0.1) is 12.3 Å². The number of carbonyl (C=O) groups excluding carboxylic acids is 1. The maximum atomic E-state index is 11.5. The molecule has 0 atom stereocenters. The molecule has 2 rings (SSSR count). The molecule has 0 bridgehead atoms. The molecule has 7 heteroatoms. The number of nitrogens with zero attached hydrogens (tertiary/aromatic N) is 1. The molecule has 0 radical (unpaired) electrons. The summed E-state index contributed by atoms with van der Waals surface area (Å²) in [6.07, 6.45) is 1.59. The summed E-state index contributed by atoms with van der Waals surface area (Å²) in [6, 6.07) is 1.90. The second kappa shape index (κ2) is 6.49. The lowest BCUT2D eigenvalue weighted by atomic mass is 9.89. The van der Waals surface area contributed by atoms with Crippen LogP contribution < -0.4 is 5.32 Å². The Hall–Kier alpha value is -0.920. The predicted molar refractivity (Wildman–Crippen MR) is 72.7 cm³/mol. The van der Waals surface area contributed by atoms with Crippen molar-refractivity contribution >= 4 is 21.9 Å². The molecular weight excluding hydrogens is 314 g/mol. The molecule has 1 fully saturated rings. The average molecular weight is 332 g/mol. The van der Waals surface area contributed by atoms with Gasteiger partial charge in [-0.25, -0.2) is 4.79 Å². The summed E-state index contributed by atoms with van der Waals surface area (Å²) in [4.78, 5) is 11.5. The summed E-state index contributed by atoms with van der Waals surface area (Å²) in [5, 5.41) is 10.3. The first-order chi connectivity index (χ1) is 9.16. The third-order valence-electron chi connectivity index (χ3n) is 3.22. The maximum Gasteiger partial charge on any atom is 0.332 e. The number of halogens is 1. The van der Waals surface area contributed by atoms with E-state index in [1.807, 2.05) is 6.07 Å². The van der Waals surface area contributed by atoms with E-state index in [1.54, 1.807) is 6.92 Å². The van der Waals surface area contributed by atoms with Gasteiger partial charge in [-0.3, -0.25) is 5.10 Å². The van der Waals surface area contributed by atoms with E-state index in [2.05, 4.69) is 31.4 Å². The van der Waals surface area contributed by atoms with E-state index in [0.29, 0.717) is 6.61 Å². The predicted octanol–water partition coefficient (Wildman–Crippen LogP) is 1.33. The number of aromatic amines is 1. The van der Waals surface area contributed by atoms with Crippen LogP contribution in [0.15, 0.2) is 10.7 Å². The van der Waals surface area contributed by atoms with Crippen molar-refractivity contribution in [1.29, 1.82) is 0 Å². The molecule has 2 N–H and O–H groups in total. The lowest BCUT2D eigenvalue weighted by Gasteiger charge is -2.36. The molecule has 106 valence electrons. The molecule has 0 spiro atoms. The van der Waals surface area contributed by atoms with Gasteiger partial charge in [-0.1, -0.05) is 0 Å². The average Bonchev–Trinajstić information content (AvgIpc) is 2.85. The van der Waals surface area contributed by atoms with Crippen LogP contribution in [-0.4, -0.2) is 42.5 Å². The molecule has 6 nitrogen and oxygen atoms in total. The van der Waals surface area contributed by atoms with Crippen LogP contribution in [0.1, 0.15) is 25.5 Å². The van der Waals surface area contributed by atoms with Crippen LogP contribution in [0, 0.1) is 0 Å². The number of piperidine rings is 1. The van der Waals surface area contributed by atoms with Crippen LogP contribution in [0.2, 0.25) is 0 Å². The highest BCUT2D eigenvalue weighted by atomic mass is 79.9. The van der Waals surface area contributed by atoms with Crippen molar-refractivity contribution in [2.45, 2.75) is 25.4 Å². The molecule has 1 aromatic heterocycles. The van der Waals surface area contributed by atoms with E-state index in [4.69, 9.17) is 9.47 Å². The minimum Gasteiger partial charge on any atom is -0.464 e. The lowest BCUT2D eigenvalue weighted by Crippen LogP contribution is -2.43. The second-order valence-corrected chi connectivity index (χ2v) is 5.25. The smallest absolute Gasteiger partial charge is 0.332 e. The van der Waals surface area contributed by atoms with Crippen molar-refractivity contribution in [3.05, 3.63) is 16.4 Å². The Morgan fingerprint density at radius 1 is 1.53 bits per heavy atom. The molecule has 0 aromatic carbocycles. The third kappa shape index (κ3) is 3.55. The Labute approximate surface area is 120 Å². The molecule has 1 saturated heterocycles. The number of aromatic nitrogens is 2. The van der Waals surface area contributed by atoms with Crippen molar-refractivity contribution < 1.29 is 14.3 Å². The number of nitrogens with one attached hydrogen (secondary N) is 2. The number of H-pyrrole nitrogens is 1. The maximum absolute atomic E-state index is 11.5. The SMILES string of the molecule is CCOC(=O)COC1(c2cc(Br)n[nH]2)CCNCC1. The highest BCUT2D eigenvalue weighted by molar-refractivity contribution is 9.10. The van der Waals surface area contributed by atoms with Crippen LogP contribution in [0.3, 0.4) is 0 Å². The van der Waals surface area contributed by atoms with Gasteiger partial charge >= 0.3 is 5.97 Å². The summed E-state index contributed by atoms with van der Waals surface area (Å²) >= 11 is 3.32. The minimum atomic E-state index is -0.489. The highest BCUT2D eigenvalue weighted by Crippen LogP contribution is 2.34. The molecule has 2 heterocycles. The normalized spacial score (nSPS) is 18.2. The number of hydrogen-bond acceptors (Lipinski definition) is 5. The van der Waals surface area contributed by atoms with E-state index in [0.717, 1.165) is 36.2 Å². The third-order valence-corrected chi connectivity index (χ3v) is 3.63. The first-order valence-corrected chi connectivity index (χ1v) is 7.17. The number of ether oxygens (including phenoxy) is 2. The number of hydrogen-bond donors (Lipinski definition) is 2. The molecule has 0 unspecified atom stereocenters. The fourth-order valence-corrected chi connectivity index (χ4v) is 2.57. The van der Waals surface area contributed by atoms with E-state index in [9.17, 15) is 4.79 Å². The van der Waals surface area contributed by atoms with Crippen molar-refractivity contribution in [2.75, 3.05) is 26.3 Å². The van der Waals surface area contributed by atoms with Gasteiger partial charge < -0.3 is 14.8 Å². The van der Waals surface area contributed by atoms with Crippen molar-refractivity contribution in [1.82, 2.24) is 15.5 Å². The van der Waals surface area contributed by atoms with E-state index >= 15 is 0 Å². The van der Waals surface area contributed by atoms with Gasteiger partial charge in [0.25, 0.3) is 0 Å². The van der Waals surface area contributed by atoms with Crippen LogP contribution in [0.25, 0.3) is 0 Å². The monoisotopic (exact) mass is 331 g/mol. The van der Waals surface area contributed by atoms with Gasteiger partial charge in [-0.15, -0.1) is 0 Å². The zero-order valence-electron chi connectivity index (χ0n) is 10.9. The van der Waals surface area contributed by atoms with Crippen LogP contribution in [0.5, 0.6) is 0 Å². The van der Waals surface area contributed by atoms with Crippen LogP contribution >= 0.6 is 15.9 Å². The fourth-order valence-electron chi connectivity index (χ4n) is 2.25. The molecule has 1 aromatic rings. The first-order valence-electron chi connectivity index (χ1n) is 6.38. The van der Waals surface area contributed by atoms with Gasteiger partial charge in [0, 0.05) is 0 Å². The molecule has 1 aliphatic rings. The quantitative estimate of drug-likeness (QED) is 0.796. The molecular formula is C12H18BrN3O3. The van der Waals surface area contributed by atoms with Crippen LogP contribution in [-0.2, 0) is 19.9 Å². The summed E-state index contributed by atoms with van der Waals surface area (Å²) in [5.41, 5.74) is 0.405. The van der Waals surface area contributed by atoms with Crippen molar-refractivity contribution in [2.24, 2.45) is 0 Å². The molecule has 0 saturated carbocycles. The van der Waals surface area contributed by atoms with E-state index in [-0.39, 0.29) is 12.6 Å². The van der Waals surface area contributed by atoms with Gasteiger partial charge in [0.15, 0.2) is 0 Å². The number of esters is 1. The highest BCUT2D eigenvalue weighted by Gasteiger charge is 2.37. The van der Waals surface area contributed by atoms with Gasteiger partial charge in [-0.05, 0) is 54.9 Å². The standard InChI is InChI=1S/C12H18BrN3O3/c1-2-18-11(17)8-19-12(3-5-14-6-4-12)9-7-10(13)16-15-9/h7,14H,2-6,8H2,1H3,(H,15,16). The van der Waals surface area contributed by atoms with Gasteiger partial charge in [0.1, 0.15) is 16.8 Å². The van der Waals surface area contributed by atoms with Crippen molar-refractivity contribution in [3.8, 4) is 0 Å². The fraction of sp³-hybridized carbons (Fsp3) is 0.667. The molecule has 0 amide bonds.